The van der Waals surface area contributed by atoms with Crippen LogP contribution in [0.15, 0.2) is 29.6 Å². The molecular weight excluding hydrogens is 282 g/mol. The van der Waals surface area contributed by atoms with Crippen LogP contribution in [0.4, 0.5) is 5.82 Å². The molecule has 1 N–H and O–H groups in total. The van der Waals surface area contributed by atoms with Gasteiger partial charge in [-0.1, -0.05) is 0 Å². The first-order valence-corrected chi connectivity index (χ1v) is 7.75. The molecule has 3 aromatic rings. The van der Waals surface area contributed by atoms with E-state index in [4.69, 9.17) is 4.74 Å². The van der Waals surface area contributed by atoms with Crippen molar-refractivity contribution in [1.29, 1.82) is 0 Å². The van der Waals surface area contributed by atoms with Crippen LogP contribution < -0.4 is 10.1 Å². The van der Waals surface area contributed by atoms with Gasteiger partial charge in [0, 0.05) is 12.1 Å². The molecule has 0 aliphatic carbocycles. The summed E-state index contributed by atoms with van der Waals surface area (Å²) < 4.78 is 5.30. The first kappa shape index (κ1) is 13.8. The number of anilines is 1. The van der Waals surface area contributed by atoms with E-state index in [1.165, 1.54) is 0 Å². The van der Waals surface area contributed by atoms with Gasteiger partial charge in [0.05, 0.1) is 12.5 Å². The number of aryl methyl sites for hydroxylation is 1. The molecule has 1 aromatic carbocycles. The summed E-state index contributed by atoms with van der Waals surface area (Å²) in [6.45, 7) is 4.93. The van der Waals surface area contributed by atoms with Crippen LogP contribution in [0, 0.1) is 6.92 Å². The summed E-state index contributed by atoms with van der Waals surface area (Å²) in [6.07, 6.45) is 0. The predicted octanol–water partition coefficient (Wildman–Crippen LogP) is 4.11. The molecule has 0 aliphatic rings. The Morgan fingerprint density at radius 1 is 1.24 bits per heavy atom. The van der Waals surface area contributed by atoms with Crippen LogP contribution in [0.2, 0.25) is 0 Å². The molecule has 0 bridgehead atoms. The molecular formula is C16H17N3OS. The second-order valence-electron chi connectivity index (χ2n) is 4.75. The van der Waals surface area contributed by atoms with Crippen LogP contribution in [-0.2, 0) is 0 Å². The fraction of sp³-hybridized carbons (Fsp3) is 0.250. The van der Waals surface area contributed by atoms with Crippen molar-refractivity contribution in [2.75, 3.05) is 19.0 Å². The van der Waals surface area contributed by atoms with E-state index >= 15 is 0 Å². The number of methoxy groups -OCH3 is 1. The molecule has 0 aliphatic heterocycles. The van der Waals surface area contributed by atoms with E-state index in [0.717, 1.165) is 45.3 Å². The topological polar surface area (TPSA) is 47.0 Å². The van der Waals surface area contributed by atoms with Crippen molar-refractivity contribution >= 4 is 27.4 Å². The summed E-state index contributed by atoms with van der Waals surface area (Å²) in [6, 6.07) is 8.07. The highest BCUT2D eigenvalue weighted by Gasteiger charge is 2.11. The molecule has 2 heterocycles. The Hall–Kier alpha value is -2.14. The summed E-state index contributed by atoms with van der Waals surface area (Å²) in [4.78, 5) is 10.3. The number of benzene rings is 1. The Morgan fingerprint density at radius 2 is 2.10 bits per heavy atom. The summed E-state index contributed by atoms with van der Waals surface area (Å²) in [5.41, 5.74) is 2.08. The molecule has 0 unspecified atom stereocenters. The van der Waals surface area contributed by atoms with Crippen LogP contribution in [-0.4, -0.2) is 23.6 Å². The van der Waals surface area contributed by atoms with Crippen molar-refractivity contribution in [2.24, 2.45) is 0 Å². The number of aromatic nitrogens is 2. The molecule has 0 amide bonds. The fourth-order valence-corrected chi connectivity index (χ4v) is 3.07. The van der Waals surface area contributed by atoms with Gasteiger partial charge < -0.3 is 10.1 Å². The summed E-state index contributed by atoms with van der Waals surface area (Å²) in [7, 11) is 1.68. The van der Waals surface area contributed by atoms with E-state index in [1.54, 1.807) is 18.4 Å². The van der Waals surface area contributed by atoms with Gasteiger partial charge in [0.2, 0.25) is 0 Å². The molecule has 0 fully saturated rings. The lowest BCUT2D eigenvalue weighted by atomic mass is 10.1. The van der Waals surface area contributed by atoms with Gasteiger partial charge in [-0.25, -0.2) is 9.97 Å². The second-order valence-corrected chi connectivity index (χ2v) is 5.64. The minimum Gasteiger partial charge on any atom is -0.496 e. The van der Waals surface area contributed by atoms with Gasteiger partial charge in [0.25, 0.3) is 0 Å². The maximum atomic E-state index is 5.30. The molecule has 2 aromatic heterocycles. The molecule has 21 heavy (non-hydrogen) atoms. The highest BCUT2D eigenvalue weighted by molar-refractivity contribution is 7.16. The number of nitrogens with zero attached hydrogens (tertiary/aromatic N) is 2. The molecule has 0 saturated carbocycles. The third-order valence-electron chi connectivity index (χ3n) is 3.32. The van der Waals surface area contributed by atoms with Crippen molar-refractivity contribution in [2.45, 2.75) is 13.8 Å². The minimum atomic E-state index is 0.742. The van der Waals surface area contributed by atoms with Gasteiger partial charge >= 0.3 is 0 Å². The minimum absolute atomic E-state index is 0.742. The number of ether oxygens (including phenoxy) is 1. The van der Waals surface area contributed by atoms with E-state index in [1.807, 2.05) is 24.4 Å². The molecule has 3 rings (SSSR count). The third-order valence-corrected chi connectivity index (χ3v) is 4.13. The van der Waals surface area contributed by atoms with Crippen molar-refractivity contribution in [3.05, 3.63) is 35.2 Å². The van der Waals surface area contributed by atoms with E-state index in [0.29, 0.717) is 0 Å². The molecule has 108 valence electrons. The molecule has 0 spiro atoms. The zero-order valence-corrected chi connectivity index (χ0v) is 13.1. The van der Waals surface area contributed by atoms with Gasteiger partial charge in [-0.05, 0) is 49.1 Å². The highest BCUT2D eigenvalue weighted by Crippen LogP contribution is 2.30. The average Bonchev–Trinajstić information content (AvgIpc) is 2.96. The fourth-order valence-electron chi connectivity index (χ4n) is 2.30. The second kappa shape index (κ2) is 5.69. The number of hydrogen-bond donors (Lipinski definition) is 1. The van der Waals surface area contributed by atoms with Crippen molar-refractivity contribution in [3.8, 4) is 17.1 Å². The lowest BCUT2D eigenvalue weighted by Crippen LogP contribution is -2.02. The van der Waals surface area contributed by atoms with Gasteiger partial charge in [-0.15, -0.1) is 11.3 Å². The van der Waals surface area contributed by atoms with E-state index in [-0.39, 0.29) is 0 Å². The first-order chi connectivity index (χ1) is 10.2. The standard InChI is InChI=1S/C16H17N3OS/c1-4-17-15-12-7-8-21-16(12)19-14(18-15)11-5-6-13(20-3)10(2)9-11/h5-9H,4H2,1-3H3,(H,17,18,19). The number of rotatable bonds is 4. The van der Waals surface area contributed by atoms with Crippen LogP contribution in [0.1, 0.15) is 12.5 Å². The Kier molecular flexibility index (Phi) is 3.75. The highest BCUT2D eigenvalue weighted by atomic mass is 32.1. The lowest BCUT2D eigenvalue weighted by molar-refractivity contribution is 0.412. The van der Waals surface area contributed by atoms with Gasteiger partial charge in [0.1, 0.15) is 16.4 Å². The molecule has 0 saturated heterocycles. The molecule has 5 heteroatoms. The number of fused-ring (bicyclic) bond motifs is 1. The number of nitrogens with one attached hydrogen (secondary N) is 1. The van der Waals surface area contributed by atoms with Crippen LogP contribution >= 0.6 is 11.3 Å². The van der Waals surface area contributed by atoms with Crippen LogP contribution in [0.5, 0.6) is 5.75 Å². The normalized spacial score (nSPS) is 10.8. The zero-order valence-electron chi connectivity index (χ0n) is 12.3. The SMILES string of the molecule is CCNc1nc(-c2ccc(OC)c(C)c2)nc2sccc12. The number of thiophene rings is 1. The first-order valence-electron chi connectivity index (χ1n) is 6.87. The van der Waals surface area contributed by atoms with Crippen molar-refractivity contribution in [3.63, 3.8) is 0 Å². The van der Waals surface area contributed by atoms with E-state index in [9.17, 15) is 0 Å². The Morgan fingerprint density at radius 3 is 2.81 bits per heavy atom. The van der Waals surface area contributed by atoms with Crippen molar-refractivity contribution < 1.29 is 4.74 Å². The molecule has 4 nitrogen and oxygen atoms in total. The zero-order chi connectivity index (χ0) is 14.8. The summed E-state index contributed by atoms with van der Waals surface area (Å²) in [5, 5.41) is 6.44. The van der Waals surface area contributed by atoms with Crippen LogP contribution in [0.25, 0.3) is 21.6 Å². The Bertz CT molecular complexity index is 782. The van der Waals surface area contributed by atoms with Gasteiger partial charge in [0.15, 0.2) is 5.82 Å². The monoisotopic (exact) mass is 299 g/mol. The largest absolute Gasteiger partial charge is 0.496 e. The van der Waals surface area contributed by atoms with Crippen LogP contribution in [0.3, 0.4) is 0 Å². The lowest BCUT2D eigenvalue weighted by Gasteiger charge is -2.09. The maximum absolute atomic E-state index is 5.30. The summed E-state index contributed by atoms with van der Waals surface area (Å²) >= 11 is 1.63. The average molecular weight is 299 g/mol. The quantitative estimate of drug-likeness (QED) is 0.787. The van der Waals surface area contributed by atoms with Gasteiger partial charge in [-0.3, -0.25) is 0 Å². The Labute approximate surface area is 127 Å². The summed E-state index contributed by atoms with van der Waals surface area (Å²) in [5.74, 6) is 2.52. The van der Waals surface area contributed by atoms with Crippen molar-refractivity contribution in [1.82, 2.24) is 9.97 Å². The molecule has 0 radical (unpaired) electrons. The third kappa shape index (κ3) is 2.56. The number of hydrogen-bond acceptors (Lipinski definition) is 5. The van der Waals surface area contributed by atoms with Gasteiger partial charge in [-0.2, -0.15) is 0 Å². The smallest absolute Gasteiger partial charge is 0.163 e. The molecule has 0 atom stereocenters. The van der Waals surface area contributed by atoms with E-state index < -0.39 is 0 Å². The van der Waals surface area contributed by atoms with E-state index in [2.05, 4.69) is 34.3 Å². The predicted molar refractivity (Wildman–Crippen MR) is 88.3 cm³/mol. The maximum Gasteiger partial charge on any atom is 0.163 e. The Balaban J connectivity index is 2.13.